The highest BCUT2D eigenvalue weighted by Crippen LogP contribution is 2.27. The molecule has 1 N–H and O–H groups in total. The standard InChI is InChI=1S/C17H15ClF2N4O2S/c1-9-15(18)10(2)24(23-9)7-14(25)22-17-21-13(8-27-17)11-3-5-12(6-4-11)26-16(19)20/h3-6,8,16H,7H2,1-2H3,(H,21,22,25). The Kier molecular flexibility index (Phi) is 5.71. The van der Waals surface area contributed by atoms with Gasteiger partial charge < -0.3 is 10.1 Å². The molecular formula is C17H15ClF2N4O2S. The third-order valence-electron chi connectivity index (χ3n) is 3.71. The third kappa shape index (κ3) is 4.61. The number of ether oxygens (including phenoxy) is 1. The maximum atomic E-state index is 12.2. The highest BCUT2D eigenvalue weighted by Gasteiger charge is 2.14. The minimum atomic E-state index is -2.87. The van der Waals surface area contributed by atoms with Gasteiger partial charge in [-0.1, -0.05) is 11.6 Å². The first-order chi connectivity index (χ1) is 12.8. The van der Waals surface area contributed by atoms with Gasteiger partial charge in [0.1, 0.15) is 12.3 Å². The number of halogens is 3. The Morgan fingerprint density at radius 2 is 2.04 bits per heavy atom. The number of amides is 1. The van der Waals surface area contributed by atoms with E-state index in [1.165, 1.54) is 28.2 Å². The van der Waals surface area contributed by atoms with E-state index in [1.54, 1.807) is 31.4 Å². The van der Waals surface area contributed by atoms with Crippen molar-refractivity contribution in [3.63, 3.8) is 0 Å². The van der Waals surface area contributed by atoms with Gasteiger partial charge in [-0.3, -0.25) is 9.48 Å². The van der Waals surface area contributed by atoms with Gasteiger partial charge in [0.25, 0.3) is 0 Å². The Hall–Kier alpha value is -2.52. The molecule has 142 valence electrons. The van der Waals surface area contributed by atoms with Crippen molar-refractivity contribution in [1.29, 1.82) is 0 Å². The van der Waals surface area contributed by atoms with Gasteiger partial charge in [0.2, 0.25) is 5.91 Å². The third-order valence-corrected chi connectivity index (χ3v) is 5.02. The fourth-order valence-corrected chi connectivity index (χ4v) is 3.27. The van der Waals surface area contributed by atoms with Crippen LogP contribution < -0.4 is 10.1 Å². The molecule has 0 aliphatic carbocycles. The van der Waals surface area contributed by atoms with Crippen molar-refractivity contribution >= 4 is 34.0 Å². The molecular weight excluding hydrogens is 398 g/mol. The summed E-state index contributed by atoms with van der Waals surface area (Å²) >= 11 is 7.34. The van der Waals surface area contributed by atoms with Crippen LogP contribution in [0.25, 0.3) is 11.3 Å². The summed E-state index contributed by atoms with van der Waals surface area (Å²) in [5.74, 6) is -0.208. The molecule has 1 amide bonds. The molecule has 0 radical (unpaired) electrons. The number of carbonyl (C=O) groups excluding carboxylic acids is 1. The Morgan fingerprint density at radius 3 is 2.63 bits per heavy atom. The number of hydrogen-bond donors (Lipinski definition) is 1. The van der Waals surface area contributed by atoms with Crippen molar-refractivity contribution in [3.8, 4) is 17.0 Å². The number of rotatable bonds is 6. The van der Waals surface area contributed by atoms with Gasteiger partial charge in [-0.05, 0) is 38.1 Å². The van der Waals surface area contributed by atoms with Crippen molar-refractivity contribution in [1.82, 2.24) is 14.8 Å². The van der Waals surface area contributed by atoms with Crippen LogP contribution in [0.5, 0.6) is 5.75 Å². The van der Waals surface area contributed by atoms with Gasteiger partial charge in [0.15, 0.2) is 5.13 Å². The molecule has 2 heterocycles. The number of hydrogen-bond acceptors (Lipinski definition) is 5. The predicted octanol–water partition coefficient (Wildman–Crippen LogP) is 4.52. The Bertz CT molecular complexity index is 957. The number of aromatic nitrogens is 3. The SMILES string of the molecule is Cc1nn(CC(=O)Nc2nc(-c3ccc(OC(F)F)cc3)cs2)c(C)c1Cl. The number of carbonyl (C=O) groups is 1. The number of nitrogens with zero attached hydrogens (tertiary/aromatic N) is 3. The largest absolute Gasteiger partial charge is 0.435 e. The summed E-state index contributed by atoms with van der Waals surface area (Å²) in [6.45, 7) is 0.718. The molecule has 0 aliphatic heterocycles. The summed E-state index contributed by atoms with van der Waals surface area (Å²) in [6.07, 6.45) is 0. The topological polar surface area (TPSA) is 69.0 Å². The average Bonchev–Trinajstić information content (AvgIpc) is 3.16. The predicted molar refractivity (Wildman–Crippen MR) is 99.5 cm³/mol. The first-order valence-corrected chi connectivity index (χ1v) is 9.09. The second-order valence-electron chi connectivity index (χ2n) is 5.63. The van der Waals surface area contributed by atoms with E-state index in [0.29, 0.717) is 21.5 Å². The van der Waals surface area contributed by atoms with Crippen LogP contribution in [0, 0.1) is 13.8 Å². The lowest BCUT2D eigenvalue weighted by molar-refractivity contribution is -0.116. The molecule has 0 atom stereocenters. The molecule has 1 aromatic carbocycles. The second kappa shape index (κ2) is 8.01. The molecule has 0 saturated heterocycles. The summed E-state index contributed by atoms with van der Waals surface area (Å²) in [7, 11) is 0. The number of alkyl halides is 2. The Labute approximate surface area is 162 Å². The van der Waals surface area contributed by atoms with E-state index < -0.39 is 6.61 Å². The fourth-order valence-electron chi connectivity index (χ4n) is 2.39. The molecule has 6 nitrogen and oxygen atoms in total. The quantitative estimate of drug-likeness (QED) is 0.646. The zero-order chi connectivity index (χ0) is 19.6. The van der Waals surface area contributed by atoms with Gasteiger partial charge in [0.05, 0.1) is 22.1 Å². The normalized spacial score (nSPS) is 11.0. The van der Waals surface area contributed by atoms with Gasteiger partial charge in [-0.15, -0.1) is 11.3 Å². The summed E-state index contributed by atoms with van der Waals surface area (Å²) in [6, 6.07) is 6.11. The van der Waals surface area contributed by atoms with E-state index in [-0.39, 0.29) is 18.2 Å². The first-order valence-electron chi connectivity index (χ1n) is 7.83. The minimum Gasteiger partial charge on any atom is -0.435 e. The molecule has 0 saturated carbocycles. The van der Waals surface area contributed by atoms with Crippen LogP contribution >= 0.6 is 22.9 Å². The van der Waals surface area contributed by atoms with Crippen LogP contribution in [0.3, 0.4) is 0 Å². The van der Waals surface area contributed by atoms with Crippen LogP contribution in [0.1, 0.15) is 11.4 Å². The number of benzene rings is 1. The molecule has 0 unspecified atom stereocenters. The van der Waals surface area contributed by atoms with E-state index in [4.69, 9.17) is 11.6 Å². The maximum absolute atomic E-state index is 12.2. The first kappa shape index (κ1) is 19.2. The summed E-state index contributed by atoms with van der Waals surface area (Å²) in [4.78, 5) is 16.6. The summed E-state index contributed by atoms with van der Waals surface area (Å²) in [5, 5.41) is 9.66. The van der Waals surface area contributed by atoms with Crippen LogP contribution in [0.4, 0.5) is 13.9 Å². The van der Waals surface area contributed by atoms with E-state index in [0.717, 1.165) is 11.3 Å². The highest BCUT2D eigenvalue weighted by molar-refractivity contribution is 7.14. The molecule has 0 aliphatic rings. The minimum absolute atomic E-state index is 0.0218. The van der Waals surface area contributed by atoms with Crippen molar-refractivity contribution in [3.05, 3.63) is 46.1 Å². The lowest BCUT2D eigenvalue weighted by Crippen LogP contribution is -2.20. The second-order valence-corrected chi connectivity index (χ2v) is 6.87. The number of nitrogens with one attached hydrogen (secondary N) is 1. The van der Waals surface area contributed by atoms with Gasteiger partial charge in [-0.25, -0.2) is 4.98 Å². The fraction of sp³-hybridized carbons (Fsp3) is 0.235. The average molecular weight is 413 g/mol. The number of aryl methyl sites for hydroxylation is 1. The van der Waals surface area contributed by atoms with Crippen molar-refractivity contribution < 1.29 is 18.3 Å². The van der Waals surface area contributed by atoms with Gasteiger partial charge in [-0.2, -0.15) is 13.9 Å². The van der Waals surface area contributed by atoms with E-state index in [1.807, 2.05) is 0 Å². The van der Waals surface area contributed by atoms with Gasteiger partial charge in [0, 0.05) is 10.9 Å². The van der Waals surface area contributed by atoms with Crippen LogP contribution in [0.15, 0.2) is 29.6 Å². The number of thiazole rings is 1. The Balaban J connectivity index is 1.65. The smallest absolute Gasteiger partial charge is 0.387 e. The molecule has 0 bridgehead atoms. The van der Waals surface area contributed by atoms with Crippen molar-refractivity contribution in [2.75, 3.05) is 5.32 Å². The molecule has 3 rings (SSSR count). The molecule has 10 heteroatoms. The van der Waals surface area contributed by atoms with Crippen molar-refractivity contribution in [2.24, 2.45) is 0 Å². The maximum Gasteiger partial charge on any atom is 0.387 e. The lowest BCUT2D eigenvalue weighted by Gasteiger charge is -2.05. The van der Waals surface area contributed by atoms with E-state index in [2.05, 4.69) is 20.1 Å². The molecule has 0 spiro atoms. The zero-order valence-corrected chi connectivity index (χ0v) is 15.9. The number of anilines is 1. The van der Waals surface area contributed by atoms with Crippen LogP contribution in [-0.4, -0.2) is 27.3 Å². The van der Waals surface area contributed by atoms with E-state index in [9.17, 15) is 13.6 Å². The van der Waals surface area contributed by atoms with Crippen LogP contribution in [0.2, 0.25) is 5.02 Å². The molecule has 27 heavy (non-hydrogen) atoms. The Morgan fingerprint density at radius 1 is 1.33 bits per heavy atom. The van der Waals surface area contributed by atoms with Crippen molar-refractivity contribution in [2.45, 2.75) is 27.0 Å². The van der Waals surface area contributed by atoms with Crippen LogP contribution in [-0.2, 0) is 11.3 Å². The summed E-state index contributed by atoms with van der Waals surface area (Å²) in [5.41, 5.74) is 2.72. The summed E-state index contributed by atoms with van der Waals surface area (Å²) < 4.78 is 30.2. The molecule has 2 aromatic heterocycles. The monoisotopic (exact) mass is 412 g/mol. The van der Waals surface area contributed by atoms with E-state index >= 15 is 0 Å². The zero-order valence-electron chi connectivity index (χ0n) is 14.4. The lowest BCUT2D eigenvalue weighted by atomic mass is 10.2. The van der Waals surface area contributed by atoms with Gasteiger partial charge >= 0.3 is 6.61 Å². The molecule has 0 fully saturated rings. The molecule has 3 aromatic rings. The highest BCUT2D eigenvalue weighted by atomic mass is 35.5.